The molecule has 2 N–H and O–H groups in total. The third-order valence-electron chi connectivity index (χ3n) is 4.44. The van der Waals surface area contributed by atoms with E-state index in [1.807, 2.05) is 7.05 Å². The lowest BCUT2D eigenvalue weighted by Crippen LogP contribution is -2.42. The Morgan fingerprint density at radius 1 is 1.20 bits per heavy atom. The fourth-order valence-electron chi connectivity index (χ4n) is 3.56. The molecule has 0 unspecified atom stereocenters. The molecule has 2 rings (SSSR count). The lowest BCUT2D eigenvalue weighted by molar-refractivity contribution is 0.120. The van der Waals surface area contributed by atoms with Crippen molar-refractivity contribution in [2.45, 2.75) is 32.2 Å². The Balaban J connectivity index is 2.00. The second kappa shape index (κ2) is 7.77. The zero-order chi connectivity index (χ0) is 14.3. The van der Waals surface area contributed by atoms with Crippen LogP contribution in [0.15, 0.2) is 30.3 Å². The van der Waals surface area contributed by atoms with Crippen LogP contribution in [0.5, 0.6) is 0 Å². The third-order valence-corrected chi connectivity index (χ3v) is 4.44. The van der Waals surface area contributed by atoms with Crippen molar-refractivity contribution in [1.29, 1.82) is 0 Å². The van der Waals surface area contributed by atoms with Gasteiger partial charge in [0, 0.05) is 26.2 Å². The number of benzene rings is 1. The van der Waals surface area contributed by atoms with Crippen molar-refractivity contribution in [2.24, 2.45) is 5.41 Å². The van der Waals surface area contributed by atoms with Crippen LogP contribution in [0.2, 0.25) is 0 Å². The molecule has 1 aromatic rings. The van der Waals surface area contributed by atoms with Gasteiger partial charge >= 0.3 is 0 Å². The molecular formula is C17H28N2O. The minimum atomic E-state index is 0.239. The molecule has 3 nitrogen and oxygen atoms in total. The summed E-state index contributed by atoms with van der Waals surface area (Å²) in [6.45, 7) is 4.11. The molecule has 3 heteroatoms. The summed E-state index contributed by atoms with van der Waals surface area (Å²) in [7, 11) is 2.05. The average molecular weight is 276 g/mol. The predicted molar refractivity (Wildman–Crippen MR) is 83.6 cm³/mol. The third kappa shape index (κ3) is 4.30. The number of hydrogen-bond donors (Lipinski definition) is 2. The number of rotatable bonds is 8. The predicted octanol–water partition coefficient (Wildman–Crippen LogP) is 2.26. The molecule has 1 aliphatic rings. The lowest BCUT2D eigenvalue weighted by Gasteiger charge is -2.35. The molecule has 0 atom stereocenters. The Hall–Kier alpha value is -0.900. The first-order chi connectivity index (χ1) is 9.78. The van der Waals surface area contributed by atoms with Gasteiger partial charge in [0.25, 0.3) is 0 Å². The van der Waals surface area contributed by atoms with Gasteiger partial charge in [0.05, 0.1) is 6.61 Å². The van der Waals surface area contributed by atoms with Gasteiger partial charge in [-0.15, -0.1) is 0 Å². The minimum Gasteiger partial charge on any atom is -0.395 e. The fourth-order valence-corrected chi connectivity index (χ4v) is 3.56. The second-order valence-electron chi connectivity index (χ2n) is 6.16. The first-order valence-electron chi connectivity index (χ1n) is 7.80. The summed E-state index contributed by atoms with van der Waals surface area (Å²) in [6, 6.07) is 10.6. The maximum atomic E-state index is 9.35. The maximum Gasteiger partial charge on any atom is 0.0558 e. The normalized spacial score (nSPS) is 17.8. The summed E-state index contributed by atoms with van der Waals surface area (Å²) in [5.74, 6) is 0. The molecule has 20 heavy (non-hydrogen) atoms. The zero-order valence-corrected chi connectivity index (χ0v) is 12.6. The molecular weight excluding hydrogens is 248 g/mol. The van der Waals surface area contributed by atoms with E-state index in [0.29, 0.717) is 5.41 Å². The molecule has 0 spiro atoms. The smallest absolute Gasteiger partial charge is 0.0558 e. The Labute approximate surface area is 123 Å². The van der Waals surface area contributed by atoms with E-state index < -0.39 is 0 Å². The molecule has 0 heterocycles. The summed E-state index contributed by atoms with van der Waals surface area (Å²) in [6.07, 6.45) is 5.31. The maximum absolute atomic E-state index is 9.35. The monoisotopic (exact) mass is 276 g/mol. The van der Waals surface area contributed by atoms with E-state index in [4.69, 9.17) is 0 Å². The van der Waals surface area contributed by atoms with Crippen LogP contribution in [-0.4, -0.2) is 43.3 Å². The fraction of sp³-hybridized carbons (Fsp3) is 0.647. The molecule has 1 saturated carbocycles. The molecule has 0 radical (unpaired) electrons. The standard InChI is InChI=1S/C17H28N2O/c1-18-14-17(9-5-6-10-17)15-19(11-12-20)13-16-7-3-2-4-8-16/h2-4,7-8,18,20H,5-6,9-15H2,1H3. The van der Waals surface area contributed by atoms with Crippen molar-refractivity contribution in [3.05, 3.63) is 35.9 Å². The highest BCUT2D eigenvalue weighted by Crippen LogP contribution is 2.38. The average Bonchev–Trinajstić information content (AvgIpc) is 2.89. The van der Waals surface area contributed by atoms with Gasteiger partial charge in [-0.3, -0.25) is 4.90 Å². The van der Waals surface area contributed by atoms with E-state index >= 15 is 0 Å². The number of aliphatic hydroxyl groups excluding tert-OH is 1. The van der Waals surface area contributed by atoms with Crippen LogP contribution in [-0.2, 0) is 6.54 Å². The topological polar surface area (TPSA) is 35.5 Å². The molecule has 1 fully saturated rings. The van der Waals surface area contributed by atoms with E-state index in [1.165, 1.54) is 31.2 Å². The van der Waals surface area contributed by atoms with Gasteiger partial charge in [0.2, 0.25) is 0 Å². The van der Waals surface area contributed by atoms with Gasteiger partial charge in [-0.05, 0) is 30.9 Å². The molecule has 0 bridgehead atoms. The van der Waals surface area contributed by atoms with E-state index in [1.54, 1.807) is 0 Å². The van der Waals surface area contributed by atoms with Crippen molar-refractivity contribution in [3.8, 4) is 0 Å². The SMILES string of the molecule is CNCC1(CN(CCO)Cc2ccccc2)CCCC1. The molecule has 0 aliphatic heterocycles. The highest BCUT2D eigenvalue weighted by Gasteiger charge is 2.34. The van der Waals surface area contributed by atoms with Crippen LogP contribution in [0.1, 0.15) is 31.2 Å². The largest absolute Gasteiger partial charge is 0.395 e. The second-order valence-corrected chi connectivity index (χ2v) is 6.16. The van der Waals surface area contributed by atoms with Crippen LogP contribution in [0, 0.1) is 5.41 Å². The summed E-state index contributed by atoms with van der Waals surface area (Å²) >= 11 is 0. The van der Waals surface area contributed by atoms with E-state index in [9.17, 15) is 5.11 Å². The van der Waals surface area contributed by atoms with Gasteiger partial charge in [0.1, 0.15) is 0 Å². The highest BCUT2D eigenvalue weighted by atomic mass is 16.3. The Bertz CT molecular complexity index is 374. The van der Waals surface area contributed by atoms with Crippen LogP contribution < -0.4 is 5.32 Å². The minimum absolute atomic E-state index is 0.239. The highest BCUT2D eigenvalue weighted by molar-refractivity contribution is 5.14. The Morgan fingerprint density at radius 3 is 2.50 bits per heavy atom. The van der Waals surface area contributed by atoms with Crippen molar-refractivity contribution < 1.29 is 5.11 Å². The van der Waals surface area contributed by atoms with E-state index in [0.717, 1.165) is 26.2 Å². The Kier molecular flexibility index (Phi) is 6.02. The van der Waals surface area contributed by atoms with Crippen LogP contribution in [0.25, 0.3) is 0 Å². The number of nitrogens with one attached hydrogen (secondary N) is 1. The number of hydrogen-bond acceptors (Lipinski definition) is 3. The van der Waals surface area contributed by atoms with E-state index in [-0.39, 0.29) is 6.61 Å². The lowest BCUT2D eigenvalue weighted by atomic mass is 9.85. The quantitative estimate of drug-likeness (QED) is 0.764. The summed E-state index contributed by atoms with van der Waals surface area (Å²) in [5.41, 5.74) is 1.73. The van der Waals surface area contributed by atoms with Gasteiger partial charge in [-0.2, -0.15) is 0 Å². The molecule has 0 saturated heterocycles. The first kappa shape index (κ1) is 15.5. The van der Waals surface area contributed by atoms with Gasteiger partial charge < -0.3 is 10.4 Å². The van der Waals surface area contributed by atoms with Crippen LogP contribution >= 0.6 is 0 Å². The molecule has 0 aromatic heterocycles. The van der Waals surface area contributed by atoms with Crippen molar-refractivity contribution >= 4 is 0 Å². The molecule has 1 aliphatic carbocycles. The molecule has 1 aromatic carbocycles. The Morgan fingerprint density at radius 2 is 1.90 bits per heavy atom. The first-order valence-corrected chi connectivity index (χ1v) is 7.80. The van der Waals surface area contributed by atoms with Crippen LogP contribution in [0.4, 0.5) is 0 Å². The summed E-state index contributed by atoms with van der Waals surface area (Å²) < 4.78 is 0. The summed E-state index contributed by atoms with van der Waals surface area (Å²) in [5, 5.41) is 12.7. The molecule has 112 valence electrons. The van der Waals surface area contributed by atoms with Gasteiger partial charge in [-0.1, -0.05) is 43.2 Å². The van der Waals surface area contributed by atoms with Crippen molar-refractivity contribution in [3.63, 3.8) is 0 Å². The number of nitrogens with zero attached hydrogens (tertiary/aromatic N) is 1. The molecule has 0 amide bonds. The van der Waals surface area contributed by atoms with Crippen LogP contribution in [0.3, 0.4) is 0 Å². The zero-order valence-electron chi connectivity index (χ0n) is 12.6. The number of aliphatic hydroxyl groups is 1. The van der Waals surface area contributed by atoms with Crippen molar-refractivity contribution in [2.75, 3.05) is 33.3 Å². The van der Waals surface area contributed by atoms with Gasteiger partial charge in [0.15, 0.2) is 0 Å². The van der Waals surface area contributed by atoms with E-state index in [2.05, 4.69) is 40.5 Å². The summed E-state index contributed by atoms with van der Waals surface area (Å²) in [4.78, 5) is 2.41. The van der Waals surface area contributed by atoms with Gasteiger partial charge in [-0.25, -0.2) is 0 Å². The van der Waals surface area contributed by atoms with Crippen molar-refractivity contribution in [1.82, 2.24) is 10.2 Å².